The number of hydrogen-bond donors (Lipinski definition) is 2. The second kappa shape index (κ2) is 10.9. The topological polar surface area (TPSA) is 82.1 Å². The Hall–Kier alpha value is -2.52. The lowest BCUT2D eigenvalue weighted by atomic mass is 9.68. The van der Waals surface area contributed by atoms with Crippen molar-refractivity contribution in [2.24, 2.45) is 11.8 Å². The van der Waals surface area contributed by atoms with Crippen LogP contribution in [-0.2, 0) is 21.7 Å². The highest BCUT2D eigenvalue weighted by Crippen LogP contribution is 2.46. The third kappa shape index (κ3) is 5.04. The summed E-state index contributed by atoms with van der Waals surface area (Å²) in [6.45, 7) is 2.68. The lowest BCUT2D eigenvalue weighted by Crippen LogP contribution is -2.49. The summed E-state index contributed by atoms with van der Waals surface area (Å²) in [5.74, 6) is 4.84. The third-order valence-electron chi connectivity index (χ3n) is 10.4. The third-order valence-corrected chi connectivity index (χ3v) is 12.3. The van der Waals surface area contributed by atoms with E-state index >= 15 is 0 Å². The minimum absolute atomic E-state index is 0.0178. The number of fused-ring (bicyclic) bond motifs is 5. The molecule has 2 N–H and O–H groups in total. The summed E-state index contributed by atoms with van der Waals surface area (Å²) in [7, 11) is -3.03. The average Bonchev–Trinajstić information content (AvgIpc) is 3.37. The molecule has 6 atom stereocenters. The lowest BCUT2D eigenvalue weighted by Gasteiger charge is -2.45. The Bertz CT molecular complexity index is 1530. The van der Waals surface area contributed by atoms with Crippen LogP contribution in [0.4, 0.5) is 5.69 Å². The molecule has 1 saturated carbocycles. The van der Waals surface area contributed by atoms with E-state index in [4.69, 9.17) is 16.3 Å². The van der Waals surface area contributed by atoms with Crippen molar-refractivity contribution in [2.75, 3.05) is 31.1 Å². The Labute approximate surface area is 254 Å². The predicted octanol–water partition coefficient (Wildman–Crippen LogP) is 4.90. The molecule has 2 aromatic carbocycles. The van der Waals surface area contributed by atoms with E-state index in [1.165, 1.54) is 11.1 Å². The monoisotopic (exact) mass is 609 g/mol. The number of benzene rings is 2. The fourth-order valence-corrected chi connectivity index (χ4v) is 9.84. The molecule has 9 heteroatoms. The van der Waals surface area contributed by atoms with Crippen LogP contribution in [0.3, 0.4) is 0 Å². The van der Waals surface area contributed by atoms with Gasteiger partial charge in [-0.3, -0.25) is 9.52 Å². The number of aliphatic hydroxyl groups excluding tert-OH is 1. The van der Waals surface area contributed by atoms with Crippen molar-refractivity contribution in [3.63, 3.8) is 0 Å². The van der Waals surface area contributed by atoms with Crippen LogP contribution in [0.2, 0.25) is 5.02 Å². The van der Waals surface area contributed by atoms with Gasteiger partial charge < -0.3 is 14.7 Å². The number of carbonyl (C=O) groups is 1. The highest BCUT2D eigenvalue weighted by Gasteiger charge is 2.44. The summed E-state index contributed by atoms with van der Waals surface area (Å²) in [5.41, 5.74) is 3.67. The Morgan fingerprint density at radius 3 is 2.86 bits per heavy atom. The van der Waals surface area contributed by atoms with Gasteiger partial charge in [0.05, 0.1) is 18.4 Å². The number of carbonyl (C=O) groups excluding carboxylic acids is 1. The molecule has 2 aromatic rings. The average molecular weight is 610 g/mol. The first-order valence-corrected chi connectivity index (χ1v) is 17.4. The number of anilines is 1. The van der Waals surface area contributed by atoms with E-state index in [0.717, 1.165) is 74.5 Å². The van der Waals surface area contributed by atoms with Crippen molar-refractivity contribution >= 4 is 39.0 Å². The summed E-state index contributed by atoms with van der Waals surface area (Å²) in [6, 6.07) is 11.8. The van der Waals surface area contributed by atoms with Gasteiger partial charge in [0.2, 0.25) is 0 Å². The van der Waals surface area contributed by atoms with Gasteiger partial charge in [0.15, 0.2) is 0 Å². The molecule has 1 unspecified atom stereocenters. The van der Waals surface area contributed by atoms with E-state index in [0.29, 0.717) is 31.1 Å². The van der Waals surface area contributed by atoms with Crippen molar-refractivity contribution in [1.82, 2.24) is 9.03 Å². The molecule has 0 radical (unpaired) electrons. The van der Waals surface area contributed by atoms with Gasteiger partial charge in [-0.05, 0) is 111 Å². The van der Waals surface area contributed by atoms with Gasteiger partial charge in [-0.15, -0.1) is 0 Å². The predicted molar refractivity (Wildman–Crippen MR) is 169 cm³/mol. The smallest absolute Gasteiger partial charge is 0.263 e. The molecule has 7 rings (SSSR count). The van der Waals surface area contributed by atoms with E-state index in [1.807, 2.05) is 34.7 Å². The molecule has 2 fully saturated rings. The number of nitrogens with one attached hydrogen (secondary N) is 1. The summed E-state index contributed by atoms with van der Waals surface area (Å²) < 4.78 is 25.0. The van der Waals surface area contributed by atoms with Gasteiger partial charge in [-0.2, -0.15) is 0 Å². The first-order chi connectivity index (χ1) is 20.2. The minimum Gasteiger partial charge on any atom is -0.490 e. The fourth-order valence-electron chi connectivity index (χ4n) is 8.02. The van der Waals surface area contributed by atoms with Crippen molar-refractivity contribution in [2.45, 2.75) is 68.9 Å². The Kier molecular flexibility index (Phi) is 7.32. The van der Waals surface area contributed by atoms with Crippen LogP contribution in [0.25, 0.3) is 0 Å². The quantitative estimate of drug-likeness (QED) is 0.328. The number of amides is 1. The highest BCUT2D eigenvalue weighted by atomic mass is 35.5. The summed E-state index contributed by atoms with van der Waals surface area (Å²) in [5, 5.41) is 12.0. The number of halogens is 1. The van der Waals surface area contributed by atoms with Gasteiger partial charge in [-0.1, -0.05) is 29.8 Å². The zero-order chi connectivity index (χ0) is 29.1. The van der Waals surface area contributed by atoms with Crippen LogP contribution in [0.5, 0.6) is 5.75 Å². The molecule has 1 amide bonds. The number of ether oxygens (including phenoxy) is 1. The summed E-state index contributed by atoms with van der Waals surface area (Å²) in [6.07, 6.45) is 11.0. The number of hydrogen-bond acceptors (Lipinski definition) is 5. The zero-order valence-corrected chi connectivity index (χ0v) is 25.5. The van der Waals surface area contributed by atoms with E-state index in [-0.39, 0.29) is 23.3 Å². The molecule has 5 aliphatic rings. The van der Waals surface area contributed by atoms with Crippen molar-refractivity contribution in [3.05, 3.63) is 70.3 Å². The van der Waals surface area contributed by atoms with Crippen LogP contribution in [-0.4, -0.2) is 63.8 Å². The molecular formula is C33H40ClN3O4S. The molecule has 42 heavy (non-hydrogen) atoms. The van der Waals surface area contributed by atoms with Gasteiger partial charge in [-0.25, -0.2) is 8.51 Å². The van der Waals surface area contributed by atoms with Crippen LogP contribution in [0.1, 0.15) is 66.4 Å². The van der Waals surface area contributed by atoms with E-state index in [1.54, 1.807) is 6.07 Å². The normalized spacial score (nSPS) is 35.6. The molecule has 1 saturated heterocycles. The first kappa shape index (κ1) is 28.3. The Morgan fingerprint density at radius 1 is 1.14 bits per heavy atom. The number of aryl methyl sites for hydroxylation is 1. The molecule has 1 spiro atoms. The first-order valence-electron chi connectivity index (χ1n) is 15.3. The Balaban J connectivity index is 1.29. The zero-order valence-electron chi connectivity index (χ0n) is 24.0. The van der Waals surface area contributed by atoms with E-state index in [2.05, 4.69) is 27.6 Å². The molecule has 2 aliphatic carbocycles. The maximum Gasteiger partial charge on any atom is 0.263 e. The molecule has 224 valence electrons. The van der Waals surface area contributed by atoms with Gasteiger partial charge in [0.1, 0.15) is 15.6 Å². The molecule has 0 aromatic heterocycles. The van der Waals surface area contributed by atoms with Crippen LogP contribution in [0.15, 0.2) is 48.6 Å². The largest absolute Gasteiger partial charge is 0.490 e. The lowest BCUT2D eigenvalue weighted by molar-refractivity contribution is 0.0456. The van der Waals surface area contributed by atoms with Crippen molar-refractivity contribution < 1.29 is 18.8 Å². The van der Waals surface area contributed by atoms with E-state index < -0.39 is 16.0 Å². The standard InChI is InChI=1S/C33H40ClN3O4S/c1-42(40)35-32(39)23-10-14-31-29(18-23)36(20-33(21-41-31)15-3-5-22-17-25(34)11-13-28(22)33)19-24-9-12-27(24)30(38)8-2-6-26-7-4-16-37(26)42/h2,8,10-11,13-14,17-18,24,26-27,30,38H,1,3-7,9,12,15-16,19-21H2,(H,35,39,40)/b8-2+/t24-,26-,27+,30-,33-,42?/m0/s1. The molecular weight excluding hydrogens is 570 g/mol. The van der Waals surface area contributed by atoms with Gasteiger partial charge in [0.25, 0.3) is 5.91 Å². The summed E-state index contributed by atoms with van der Waals surface area (Å²) >= 11 is 6.40. The second-order valence-electron chi connectivity index (χ2n) is 13.0. The number of nitrogens with zero attached hydrogens (tertiary/aromatic N) is 2. The highest BCUT2D eigenvalue weighted by molar-refractivity contribution is 7.96. The van der Waals surface area contributed by atoms with Crippen molar-refractivity contribution in [1.29, 1.82) is 0 Å². The van der Waals surface area contributed by atoms with E-state index in [9.17, 15) is 14.1 Å². The molecule has 3 heterocycles. The van der Waals surface area contributed by atoms with Crippen molar-refractivity contribution in [3.8, 4) is 5.75 Å². The fraction of sp³-hybridized carbons (Fsp3) is 0.515. The molecule has 3 aliphatic heterocycles. The van der Waals surface area contributed by atoms with Crippen LogP contribution < -0.4 is 14.4 Å². The van der Waals surface area contributed by atoms with Crippen LogP contribution in [0, 0.1) is 11.8 Å². The number of aliphatic hydroxyl groups is 1. The Morgan fingerprint density at radius 2 is 2.02 bits per heavy atom. The second-order valence-corrected chi connectivity index (χ2v) is 15.3. The van der Waals surface area contributed by atoms with Crippen LogP contribution >= 0.6 is 11.6 Å². The SMILES string of the molecule is C=S1(=O)NC(=O)c2ccc3c(c2)N(C[C@@H]2CC[C@H]2[C@@H](O)/C=C/C[C@H]2CCCN21)C[C@@]1(CCCc2cc(Cl)ccc21)CO3. The molecule has 7 nitrogen and oxygen atoms in total. The minimum atomic E-state index is -3.03. The van der Waals surface area contributed by atoms with Gasteiger partial charge in [0, 0.05) is 41.7 Å². The maximum atomic E-state index is 13.8. The maximum absolute atomic E-state index is 13.8. The molecule has 2 bridgehead atoms. The summed E-state index contributed by atoms with van der Waals surface area (Å²) in [4.78, 5) is 16.0. The number of rotatable bonds is 0. The van der Waals surface area contributed by atoms with Gasteiger partial charge >= 0.3 is 0 Å².